The SMILES string of the molecule is O=c1[nH]c2ccc(S(=O)(=O)NCCBr)cc2[nH]c1=O. The maximum absolute atomic E-state index is 11.9. The predicted molar refractivity (Wildman–Crippen MR) is 74.2 cm³/mol. The Labute approximate surface area is 116 Å². The van der Waals surface area contributed by atoms with Crippen molar-refractivity contribution < 1.29 is 8.42 Å². The second-order valence-electron chi connectivity index (χ2n) is 3.70. The van der Waals surface area contributed by atoms with E-state index in [0.717, 1.165) is 0 Å². The molecule has 0 atom stereocenters. The number of rotatable bonds is 4. The number of aromatic nitrogens is 2. The van der Waals surface area contributed by atoms with Crippen molar-refractivity contribution in [2.75, 3.05) is 11.9 Å². The predicted octanol–water partition coefficient (Wildman–Crippen LogP) is -0.110. The Morgan fingerprint density at radius 1 is 1.11 bits per heavy atom. The molecule has 0 saturated heterocycles. The fourth-order valence-electron chi connectivity index (χ4n) is 1.52. The molecule has 3 N–H and O–H groups in total. The Bertz CT molecular complexity index is 825. The summed E-state index contributed by atoms with van der Waals surface area (Å²) in [6, 6.07) is 4.08. The lowest BCUT2D eigenvalue weighted by molar-refractivity contribution is 0.584. The van der Waals surface area contributed by atoms with Gasteiger partial charge in [0.05, 0.1) is 15.9 Å². The number of nitrogens with one attached hydrogen (secondary N) is 3. The maximum Gasteiger partial charge on any atom is 0.314 e. The van der Waals surface area contributed by atoms with E-state index in [-0.39, 0.29) is 17.0 Å². The summed E-state index contributed by atoms with van der Waals surface area (Å²) in [5, 5.41) is 0.490. The molecule has 2 rings (SSSR count). The molecule has 1 heterocycles. The molecule has 0 saturated carbocycles. The van der Waals surface area contributed by atoms with Crippen molar-refractivity contribution in [3.05, 3.63) is 38.9 Å². The third-order valence-electron chi connectivity index (χ3n) is 2.39. The molecule has 1 aromatic carbocycles. The molecule has 0 fully saturated rings. The molecule has 7 nitrogen and oxygen atoms in total. The number of H-pyrrole nitrogens is 2. The van der Waals surface area contributed by atoms with Gasteiger partial charge in [0.1, 0.15) is 0 Å². The summed E-state index contributed by atoms with van der Waals surface area (Å²) in [7, 11) is -3.63. The van der Waals surface area contributed by atoms with Gasteiger partial charge < -0.3 is 9.97 Å². The van der Waals surface area contributed by atoms with Crippen molar-refractivity contribution in [1.82, 2.24) is 14.7 Å². The Morgan fingerprint density at radius 2 is 1.74 bits per heavy atom. The molecular weight excluding hydrogens is 338 g/mol. The molecule has 0 unspecified atom stereocenters. The van der Waals surface area contributed by atoms with Crippen molar-refractivity contribution in [2.24, 2.45) is 0 Å². The van der Waals surface area contributed by atoms with Crippen LogP contribution in [0.1, 0.15) is 0 Å². The van der Waals surface area contributed by atoms with E-state index in [4.69, 9.17) is 0 Å². The molecule has 0 aliphatic carbocycles. The summed E-state index contributed by atoms with van der Waals surface area (Å²) in [6.07, 6.45) is 0. The van der Waals surface area contributed by atoms with Gasteiger partial charge in [0.2, 0.25) is 10.0 Å². The molecule has 0 aliphatic rings. The molecule has 0 radical (unpaired) electrons. The van der Waals surface area contributed by atoms with Gasteiger partial charge in [-0.3, -0.25) is 9.59 Å². The summed E-state index contributed by atoms with van der Waals surface area (Å²) >= 11 is 3.12. The molecule has 102 valence electrons. The van der Waals surface area contributed by atoms with E-state index in [2.05, 4.69) is 30.6 Å². The van der Waals surface area contributed by atoms with Crippen LogP contribution in [-0.4, -0.2) is 30.3 Å². The van der Waals surface area contributed by atoms with Crippen molar-refractivity contribution >= 4 is 37.0 Å². The van der Waals surface area contributed by atoms with Crippen molar-refractivity contribution in [2.45, 2.75) is 4.90 Å². The van der Waals surface area contributed by atoms with Crippen LogP contribution < -0.4 is 15.8 Å². The topological polar surface area (TPSA) is 112 Å². The zero-order valence-corrected chi connectivity index (χ0v) is 12.0. The second-order valence-corrected chi connectivity index (χ2v) is 6.26. The molecule has 0 spiro atoms. The Morgan fingerprint density at radius 3 is 2.37 bits per heavy atom. The fourth-order valence-corrected chi connectivity index (χ4v) is 3.04. The van der Waals surface area contributed by atoms with Crippen LogP contribution in [-0.2, 0) is 10.0 Å². The molecule has 0 aliphatic heterocycles. The number of hydrogen-bond acceptors (Lipinski definition) is 4. The molecule has 19 heavy (non-hydrogen) atoms. The first-order chi connectivity index (χ1) is 8.94. The second kappa shape index (κ2) is 5.27. The van der Waals surface area contributed by atoms with E-state index >= 15 is 0 Å². The lowest BCUT2D eigenvalue weighted by atomic mass is 10.3. The third kappa shape index (κ3) is 2.94. The number of alkyl halides is 1. The molecule has 0 bridgehead atoms. The monoisotopic (exact) mass is 347 g/mol. The van der Waals surface area contributed by atoms with E-state index in [0.29, 0.717) is 10.8 Å². The van der Waals surface area contributed by atoms with Gasteiger partial charge in [-0.25, -0.2) is 13.1 Å². The highest BCUT2D eigenvalue weighted by atomic mass is 79.9. The Kier molecular flexibility index (Phi) is 3.88. The van der Waals surface area contributed by atoms with Crippen LogP contribution in [0.15, 0.2) is 32.7 Å². The summed E-state index contributed by atoms with van der Waals surface area (Å²) < 4.78 is 26.2. The minimum absolute atomic E-state index is 0.0173. The number of fused-ring (bicyclic) bond motifs is 1. The van der Waals surface area contributed by atoms with Gasteiger partial charge >= 0.3 is 11.1 Å². The lowest BCUT2D eigenvalue weighted by Gasteiger charge is -2.06. The number of hydrogen-bond donors (Lipinski definition) is 3. The van der Waals surface area contributed by atoms with E-state index in [9.17, 15) is 18.0 Å². The van der Waals surface area contributed by atoms with E-state index in [1.54, 1.807) is 0 Å². The summed E-state index contributed by atoms with van der Waals surface area (Å²) in [5.74, 6) is 0. The smallest absolute Gasteiger partial charge is 0.314 e. The van der Waals surface area contributed by atoms with Crippen molar-refractivity contribution in [3.8, 4) is 0 Å². The van der Waals surface area contributed by atoms with E-state index in [1.807, 2.05) is 0 Å². The maximum atomic E-state index is 11.9. The lowest BCUT2D eigenvalue weighted by Crippen LogP contribution is -2.29. The minimum Gasteiger partial charge on any atom is -0.316 e. The fraction of sp³-hybridized carbons (Fsp3) is 0.200. The summed E-state index contributed by atoms with van der Waals surface area (Å²) in [6.45, 7) is 0.252. The third-order valence-corrected chi connectivity index (χ3v) is 4.25. The van der Waals surface area contributed by atoms with Gasteiger partial charge in [-0.2, -0.15) is 0 Å². The summed E-state index contributed by atoms with van der Waals surface area (Å²) in [4.78, 5) is 27.0. The van der Waals surface area contributed by atoms with Crippen LogP contribution in [0.25, 0.3) is 11.0 Å². The molecular formula is C10H10BrN3O4S. The van der Waals surface area contributed by atoms with Gasteiger partial charge in [-0.05, 0) is 18.2 Å². The van der Waals surface area contributed by atoms with Gasteiger partial charge in [-0.1, -0.05) is 15.9 Å². The average Bonchev–Trinajstić information content (AvgIpc) is 2.37. The van der Waals surface area contributed by atoms with Crippen LogP contribution >= 0.6 is 15.9 Å². The highest BCUT2D eigenvalue weighted by Crippen LogP contribution is 2.13. The first-order valence-electron chi connectivity index (χ1n) is 5.26. The molecule has 2 aromatic rings. The first kappa shape index (κ1) is 14.0. The highest BCUT2D eigenvalue weighted by Gasteiger charge is 2.14. The summed E-state index contributed by atoms with van der Waals surface area (Å²) in [5.41, 5.74) is -0.980. The van der Waals surface area contributed by atoms with Crippen LogP contribution in [0.3, 0.4) is 0 Å². The Hall–Kier alpha value is -1.45. The van der Waals surface area contributed by atoms with E-state index in [1.165, 1.54) is 18.2 Å². The largest absolute Gasteiger partial charge is 0.316 e. The first-order valence-corrected chi connectivity index (χ1v) is 7.86. The highest BCUT2D eigenvalue weighted by molar-refractivity contribution is 9.09. The van der Waals surface area contributed by atoms with Gasteiger partial charge in [0.25, 0.3) is 0 Å². The van der Waals surface area contributed by atoms with E-state index < -0.39 is 21.1 Å². The van der Waals surface area contributed by atoms with Crippen molar-refractivity contribution in [1.29, 1.82) is 0 Å². The number of halogens is 1. The van der Waals surface area contributed by atoms with Gasteiger partial charge in [-0.15, -0.1) is 0 Å². The normalized spacial score (nSPS) is 11.8. The van der Waals surface area contributed by atoms with Gasteiger partial charge in [0.15, 0.2) is 0 Å². The van der Waals surface area contributed by atoms with Gasteiger partial charge in [0, 0.05) is 11.9 Å². The van der Waals surface area contributed by atoms with Crippen LogP contribution in [0, 0.1) is 0 Å². The van der Waals surface area contributed by atoms with Crippen molar-refractivity contribution in [3.63, 3.8) is 0 Å². The number of aromatic amines is 2. The average molecular weight is 348 g/mol. The molecule has 0 amide bonds. The molecule has 1 aromatic heterocycles. The number of benzene rings is 1. The van der Waals surface area contributed by atoms with Crippen LogP contribution in [0.4, 0.5) is 0 Å². The Balaban J connectivity index is 2.56. The van der Waals surface area contributed by atoms with Crippen LogP contribution in [0.5, 0.6) is 0 Å². The standard InChI is InChI=1S/C10H10BrN3O4S/c11-3-4-12-19(17,18)6-1-2-7-8(5-6)14-10(16)9(15)13-7/h1-2,5,12H,3-4H2,(H,13,15)(H,14,16). The zero-order chi connectivity index (χ0) is 14.0. The zero-order valence-electron chi connectivity index (χ0n) is 9.57. The minimum atomic E-state index is -3.63. The van der Waals surface area contributed by atoms with Crippen LogP contribution in [0.2, 0.25) is 0 Å². The quantitative estimate of drug-likeness (QED) is 0.529. The number of sulfonamides is 1. The molecule has 9 heteroatoms.